The molecule has 0 atom stereocenters. The molecule has 0 fully saturated rings. The van der Waals surface area contributed by atoms with Gasteiger partial charge in [0.25, 0.3) is 0 Å². The molecule has 62 valence electrons. The molecule has 1 aromatic carbocycles. The Bertz CT molecular complexity index is 255. The Kier molecular flexibility index (Phi) is 3.93. The van der Waals surface area contributed by atoms with Gasteiger partial charge in [-0.25, -0.2) is 0 Å². The van der Waals surface area contributed by atoms with Gasteiger partial charge in [-0.15, -0.1) is 0 Å². The van der Waals surface area contributed by atoms with E-state index in [4.69, 9.17) is 0 Å². The Labute approximate surface area is 74.2 Å². The van der Waals surface area contributed by atoms with Crippen molar-refractivity contribution in [3.63, 3.8) is 0 Å². The van der Waals surface area contributed by atoms with Crippen LogP contribution in [-0.4, -0.2) is 0 Å². The van der Waals surface area contributed by atoms with Crippen LogP contribution in [0, 0.1) is 0 Å². The van der Waals surface area contributed by atoms with E-state index in [0.29, 0.717) is 0 Å². The van der Waals surface area contributed by atoms with Gasteiger partial charge >= 0.3 is 0 Å². The molecule has 12 heavy (non-hydrogen) atoms. The Morgan fingerprint density at radius 3 is 2.50 bits per heavy atom. The van der Waals surface area contributed by atoms with Gasteiger partial charge < -0.3 is 0 Å². The molecule has 0 N–H and O–H groups in total. The summed E-state index contributed by atoms with van der Waals surface area (Å²) in [5.74, 6) is 0. The predicted molar refractivity (Wildman–Crippen MR) is 54.1 cm³/mol. The van der Waals surface area contributed by atoms with Gasteiger partial charge in [0.15, 0.2) is 0 Å². The van der Waals surface area contributed by atoms with Crippen molar-refractivity contribution in [3.05, 3.63) is 60.2 Å². The molecule has 0 unspecified atom stereocenters. The summed E-state index contributed by atoms with van der Waals surface area (Å²) in [4.78, 5) is 0. The molecule has 0 radical (unpaired) electrons. The van der Waals surface area contributed by atoms with E-state index in [1.54, 1.807) is 0 Å². The van der Waals surface area contributed by atoms with E-state index in [0.717, 1.165) is 6.42 Å². The number of allylic oxidation sites excluding steroid dienone is 4. The molecular formula is C12H14. The van der Waals surface area contributed by atoms with Crippen LogP contribution < -0.4 is 0 Å². The zero-order chi connectivity index (χ0) is 8.65. The molecule has 0 bridgehead atoms. The van der Waals surface area contributed by atoms with Gasteiger partial charge in [-0.05, 0) is 18.9 Å². The zero-order valence-electron chi connectivity index (χ0n) is 7.40. The van der Waals surface area contributed by atoms with Crippen LogP contribution in [0.25, 0.3) is 0 Å². The molecule has 0 aliphatic rings. The average molecular weight is 158 g/mol. The highest BCUT2D eigenvalue weighted by Crippen LogP contribution is 1.99. The topological polar surface area (TPSA) is 0 Å². The van der Waals surface area contributed by atoms with Crippen molar-refractivity contribution in [2.75, 3.05) is 0 Å². The van der Waals surface area contributed by atoms with E-state index >= 15 is 0 Å². The minimum atomic E-state index is 1.02. The number of hydrogen-bond acceptors (Lipinski definition) is 0. The molecule has 0 spiro atoms. The second-order valence-corrected chi connectivity index (χ2v) is 2.64. The van der Waals surface area contributed by atoms with Crippen molar-refractivity contribution in [1.29, 1.82) is 0 Å². The van der Waals surface area contributed by atoms with Crippen molar-refractivity contribution < 1.29 is 0 Å². The van der Waals surface area contributed by atoms with E-state index in [1.807, 2.05) is 25.1 Å². The molecule has 0 saturated heterocycles. The first kappa shape index (κ1) is 8.79. The molecule has 0 saturated carbocycles. The summed E-state index contributed by atoms with van der Waals surface area (Å²) in [6.45, 7) is 2.02. The summed E-state index contributed by atoms with van der Waals surface area (Å²) in [5.41, 5.74) is 1.36. The molecule has 0 aliphatic carbocycles. The van der Waals surface area contributed by atoms with E-state index < -0.39 is 0 Å². The standard InChI is InChI=1S/C12H14/c1-2-3-4-6-9-12-10-7-5-8-11-12/h2-8,10-11H,9H2,1H3/b3-2-,6-4+. The fourth-order valence-electron chi connectivity index (χ4n) is 1.01. The summed E-state index contributed by atoms with van der Waals surface area (Å²) < 4.78 is 0. The lowest BCUT2D eigenvalue weighted by molar-refractivity contribution is 1.27. The third kappa shape index (κ3) is 3.20. The van der Waals surface area contributed by atoms with Gasteiger partial charge in [-0.2, -0.15) is 0 Å². The summed E-state index contributed by atoms with van der Waals surface area (Å²) >= 11 is 0. The summed E-state index contributed by atoms with van der Waals surface area (Å²) in [7, 11) is 0. The normalized spacial score (nSPS) is 11.4. The first-order valence-corrected chi connectivity index (χ1v) is 4.25. The van der Waals surface area contributed by atoms with E-state index in [9.17, 15) is 0 Å². The van der Waals surface area contributed by atoms with E-state index in [-0.39, 0.29) is 0 Å². The van der Waals surface area contributed by atoms with Gasteiger partial charge in [0, 0.05) is 0 Å². The zero-order valence-corrected chi connectivity index (χ0v) is 7.40. The highest BCUT2D eigenvalue weighted by atomic mass is 13.9. The molecular weight excluding hydrogens is 144 g/mol. The minimum absolute atomic E-state index is 1.02. The lowest BCUT2D eigenvalue weighted by Crippen LogP contribution is -1.77. The second kappa shape index (κ2) is 5.36. The van der Waals surface area contributed by atoms with E-state index in [2.05, 4.69) is 36.4 Å². The molecule has 0 nitrogen and oxygen atoms in total. The van der Waals surface area contributed by atoms with Crippen LogP contribution in [0.1, 0.15) is 12.5 Å². The molecule has 0 amide bonds. The number of benzene rings is 1. The van der Waals surface area contributed by atoms with Gasteiger partial charge in [0.2, 0.25) is 0 Å². The largest absolute Gasteiger partial charge is 0.0877 e. The molecule has 1 rings (SSSR count). The van der Waals surface area contributed by atoms with Crippen molar-refractivity contribution in [1.82, 2.24) is 0 Å². The lowest BCUT2D eigenvalue weighted by Gasteiger charge is -1.92. The van der Waals surface area contributed by atoms with Gasteiger partial charge in [0.05, 0.1) is 0 Å². The van der Waals surface area contributed by atoms with E-state index in [1.165, 1.54) is 5.56 Å². The smallest absolute Gasteiger partial charge is 0.00943 e. The Hall–Kier alpha value is -1.30. The molecule has 0 heteroatoms. The minimum Gasteiger partial charge on any atom is -0.0877 e. The molecule has 0 aliphatic heterocycles. The van der Waals surface area contributed by atoms with Crippen molar-refractivity contribution in [3.8, 4) is 0 Å². The third-order valence-corrected chi connectivity index (χ3v) is 1.64. The Morgan fingerprint density at radius 1 is 1.08 bits per heavy atom. The quantitative estimate of drug-likeness (QED) is 0.592. The maximum atomic E-state index is 2.16. The number of hydrogen-bond donors (Lipinski definition) is 0. The number of rotatable bonds is 3. The fraction of sp³-hybridized carbons (Fsp3) is 0.167. The molecule has 1 aromatic rings. The van der Waals surface area contributed by atoms with Crippen LogP contribution in [0.2, 0.25) is 0 Å². The van der Waals surface area contributed by atoms with Crippen LogP contribution >= 0.6 is 0 Å². The van der Waals surface area contributed by atoms with Gasteiger partial charge in [-0.3, -0.25) is 0 Å². The molecule has 0 heterocycles. The van der Waals surface area contributed by atoms with Crippen molar-refractivity contribution in [2.45, 2.75) is 13.3 Å². The summed E-state index contributed by atoms with van der Waals surface area (Å²) in [6.07, 6.45) is 9.33. The third-order valence-electron chi connectivity index (χ3n) is 1.64. The second-order valence-electron chi connectivity index (χ2n) is 2.64. The fourth-order valence-corrected chi connectivity index (χ4v) is 1.01. The molecule has 0 aromatic heterocycles. The average Bonchev–Trinajstić information content (AvgIpc) is 2.14. The summed E-state index contributed by atoms with van der Waals surface area (Å²) in [6, 6.07) is 10.5. The maximum absolute atomic E-state index is 2.16. The highest BCUT2D eigenvalue weighted by Gasteiger charge is 1.83. The van der Waals surface area contributed by atoms with Crippen molar-refractivity contribution >= 4 is 0 Å². The Balaban J connectivity index is 2.43. The van der Waals surface area contributed by atoms with Crippen LogP contribution in [0.5, 0.6) is 0 Å². The van der Waals surface area contributed by atoms with Crippen LogP contribution in [0.3, 0.4) is 0 Å². The first-order chi connectivity index (χ1) is 5.93. The highest BCUT2D eigenvalue weighted by molar-refractivity contribution is 5.18. The van der Waals surface area contributed by atoms with Crippen LogP contribution in [0.15, 0.2) is 54.6 Å². The summed E-state index contributed by atoms with van der Waals surface area (Å²) in [5, 5.41) is 0. The monoisotopic (exact) mass is 158 g/mol. The van der Waals surface area contributed by atoms with Gasteiger partial charge in [0.1, 0.15) is 0 Å². The predicted octanol–water partition coefficient (Wildman–Crippen LogP) is 3.36. The first-order valence-electron chi connectivity index (χ1n) is 4.25. The SMILES string of the molecule is C/C=C\C=C\Cc1ccccc1. The van der Waals surface area contributed by atoms with Crippen LogP contribution in [-0.2, 0) is 6.42 Å². The van der Waals surface area contributed by atoms with Crippen molar-refractivity contribution in [2.24, 2.45) is 0 Å². The van der Waals surface area contributed by atoms with Crippen LogP contribution in [0.4, 0.5) is 0 Å². The Morgan fingerprint density at radius 2 is 1.83 bits per heavy atom. The van der Waals surface area contributed by atoms with Gasteiger partial charge in [-0.1, -0.05) is 54.6 Å². The maximum Gasteiger partial charge on any atom is -0.00943 e. The lowest BCUT2D eigenvalue weighted by atomic mass is 10.1.